The minimum absolute atomic E-state index is 0.0747. The van der Waals surface area contributed by atoms with Crippen molar-refractivity contribution in [3.8, 4) is 5.75 Å². The van der Waals surface area contributed by atoms with E-state index in [1.54, 1.807) is 17.7 Å². The molecule has 0 saturated heterocycles. The normalized spacial score (nSPS) is 11.8. The van der Waals surface area contributed by atoms with Crippen molar-refractivity contribution in [3.63, 3.8) is 0 Å². The number of hydrogen-bond acceptors (Lipinski definition) is 3. The largest absolute Gasteiger partial charge is 0.573 e. The van der Waals surface area contributed by atoms with Crippen LogP contribution in [0.25, 0.3) is 10.9 Å². The molecule has 0 N–H and O–H groups in total. The molecular formula is C17H11Cl2F3N2O2. The topological polar surface area (TPSA) is 44.1 Å². The number of ether oxygens (including phenoxy) is 1. The second-order valence-corrected chi connectivity index (χ2v) is 6.33. The lowest BCUT2D eigenvalue weighted by Gasteiger charge is -2.10. The SMILES string of the molecule is Cn1c(Cc2c(Cl)cnc(C=O)c2Cl)cc2ccc(OC(F)(F)F)cc21. The van der Waals surface area contributed by atoms with E-state index in [4.69, 9.17) is 23.2 Å². The van der Waals surface area contributed by atoms with E-state index in [9.17, 15) is 18.0 Å². The van der Waals surface area contributed by atoms with Crippen LogP contribution in [0, 0.1) is 0 Å². The first-order valence-electron chi connectivity index (χ1n) is 7.31. The highest BCUT2D eigenvalue weighted by Crippen LogP contribution is 2.32. The fourth-order valence-electron chi connectivity index (χ4n) is 2.68. The van der Waals surface area contributed by atoms with E-state index in [-0.39, 0.29) is 22.9 Å². The number of carbonyl (C=O) groups is 1. The molecule has 0 atom stereocenters. The number of halogens is 5. The van der Waals surface area contributed by atoms with Crippen molar-refractivity contribution in [1.29, 1.82) is 0 Å². The molecule has 0 aliphatic rings. The second-order valence-electron chi connectivity index (χ2n) is 5.54. The molecule has 0 saturated carbocycles. The zero-order valence-electron chi connectivity index (χ0n) is 13.3. The molecule has 0 fully saturated rings. The van der Waals surface area contributed by atoms with E-state index in [0.717, 1.165) is 11.1 Å². The van der Waals surface area contributed by atoms with Gasteiger partial charge in [-0.3, -0.25) is 9.78 Å². The number of aldehydes is 1. The number of rotatable bonds is 4. The monoisotopic (exact) mass is 402 g/mol. The van der Waals surface area contributed by atoms with E-state index >= 15 is 0 Å². The van der Waals surface area contributed by atoms with Crippen LogP contribution in [0.3, 0.4) is 0 Å². The van der Waals surface area contributed by atoms with Crippen molar-refractivity contribution in [2.24, 2.45) is 7.05 Å². The predicted molar refractivity (Wildman–Crippen MR) is 92.1 cm³/mol. The summed E-state index contributed by atoms with van der Waals surface area (Å²) >= 11 is 12.3. The molecule has 3 rings (SSSR count). The van der Waals surface area contributed by atoms with Crippen molar-refractivity contribution in [3.05, 3.63) is 57.5 Å². The quantitative estimate of drug-likeness (QED) is 0.564. The number of fused-ring (bicyclic) bond motifs is 1. The van der Waals surface area contributed by atoms with Crippen molar-refractivity contribution < 1.29 is 22.7 Å². The summed E-state index contributed by atoms with van der Waals surface area (Å²) in [6, 6.07) is 5.89. The lowest BCUT2D eigenvalue weighted by atomic mass is 10.1. The number of carbonyl (C=O) groups excluding carboxylic acids is 1. The Hall–Kier alpha value is -2.25. The van der Waals surface area contributed by atoms with E-state index in [1.165, 1.54) is 24.4 Å². The lowest BCUT2D eigenvalue weighted by molar-refractivity contribution is -0.274. The first kappa shape index (κ1) is 18.5. The Morgan fingerprint density at radius 2 is 2.00 bits per heavy atom. The summed E-state index contributed by atoms with van der Waals surface area (Å²) in [6.07, 6.45) is -2.61. The molecule has 1 aromatic carbocycles. The molecule has 0 aliphatic heterocycles. The highest BCUT2D eigenvalue weighted by molar-refractivity contribution is 6.37. The van der Waals surface area contributed by atoms with E-state index in [2.05, 4.69) is 9.72 Å². The van der Waals surface area contributed by atoms with Gasteiger partial charge in [0.15, 0.2) is 6.29 Å². The molecule has 136 valence electrons. The van der Waals surface area contributed by atoms with Gasteiger partial charge in [-0.2, -0.15) is 0 Å². The van der Waals surface area contributed by atoms with Crippen molar-refractivity contribution in [1.82, 2.24) is 9.55 Å². The summed E-state index contributed by atoms with van der Waals surface area (Å²) in [7, 11) is 1.71. The molecule has 0 bridgehead atoms. The van der Waals surface area contributed by atoms with E-state index in [1.807, 2.05) is 0 Å². The summed E-state index contributed by atoms with van der Waals surface area (Å²) in [4.78, 5) is 14.8. The maximum absolute atomic E-state index is 12.4. The Bertz CT molecular complexity index is 1000. The van der Waals surface area contributed by atoms with Gasteiger partial charge in [0.1, 0.15) is 11.4 Å². The van der Waals surface area contributed by atoms with Gasteiger partial charge in [0.25, 0.3) is 0 Å². The van der Waals surface area contributed by atoms with Gasteiger partial charge < -0.3 is 9.30 Å². The number of aromatic nitrogens is 2. The van der Waals surface area contributed by atoms with Crippen LogP contribution in [-0.2, 0) is 13.5 Å². The number of alkyl halides is 3. The minimum atomic E-state index is -4.76. The van der Waals surface area contributed by atoms with Gasteiger partial charge >= 0.3 is 6.36 Å². The van der Waals surface area contributed by atoms with Crippen LogP contribution < -0.4 is 4.74 Å². The van der Waals surface area contributed by atoms with Gasteiger partial charge in [0.2, 0.25) is 0 Å². The molecule has 4 nitrogen and oxygen atoms in total. The predicted octanol–water partition coefficient (Wildman–Crippen LogP) is 5.18. The Labute approximate surface area is 156 Å². The summed E-state index contributed by atoms with van der Waals surface area (Å²) in [5.41, 5.74) is 1.89. The van der Waals surface area contributed by atoms with Crippen LogP contribution in [-0.4, -0.2) is 22.2 Å². The molecule has 0 spiro atoms. The number of benzene rings is 1. The first-order valence-corrected chi connectivity index (χ1v) is 8.07. The smallest absolute Gasteiger partial charge is 0.406 e. The van der Waals surface area contributed by atoms with Crippen molar-refractivity contribution in [2.75, 3.05) is 0 Å². The van der Waals surface area contributed by atoms with Crippen LogP contribution in [0.4, 0.5) is 13.2 Å². The average Bonchev–Trinajstić information content (AvgIpc) is 2.86. The Morgan fingerprint density at radius 3 is 2.65 bits per heavy atom. The highest BCUT2D eigenvalue weighted by Gasteiger charge is 2.31. The van der Waals surface area contributed by atoms with E-state index < -0.39 is 6.36 Å². The third kappa shape index (κ3) is 3.64. The number of aryl methyl sites for hydroxylation is 1. The standard InChI is InChI=1S/C17H11Cl2F3N2O2/c1-24-10(5-12-13(18)7-23-14(8-25)16(12)19)4-9-2-3-11(6-15(9)24)26-17(20,21)22/h2-4,6-8H,5H2,1H3. The zero-order valence-corrected chi connectivity index (χ0v) is 14.8. The van der Waals surface area contributed by atoms with Gasteiger partial charge in [-0.15, -0.1) is 13.2 Å². The lowest BCUT2D eigenvalue weighted by Crippen LogP contribution is -2.17. The third-order valence-corrected chi connectivity index (χ3v) is 4.66. The molecule has 0 radical (unpaired) electrons. The van der Waals surface area contributed by atoms with Gasteiger partial charge in [0, 0.05) is 36.8 Å². The molecule has 2 heterocycles. The molecular weight excluding hydrogens is 392 g/mol. The molecule has 9 heteroatoms. The van der Waals surface area contributed by atoms with Crippen LogP contribution in [0.5, 0.6) is 5.75 Å². The fourth-order valence-corrected chi connectivity index (χ4v) is 3.20. The Kier molecular flexibility index (Phi) is 4.86. The summed E-state index contributed by atoms with van der Waals surface area (Å²) in [5, 5.41) is 1.18. The second kappa shape index (κ2) is 6.81. The summed E-state index contributed by atoms with van der Waals surface area (Å²) in [5.74, 6) is -0.305. The highest BCUT2D eigenvalue weighted by atomic mass is 35.5. The Morgan fingerprint density at radius 1 is 1.27 bits per heavy atom. The van der Waals surface area contributed by atoms with Crippen LogP contribution in [0.15, 0.2) is 30.5 Å². The number of hydrogen-bond donors (Lipinski definition) is 0. The van der Waals surface area contributed by atoms with Crippen LogP contribution in [0.2, 0.25) is 10.0 Å². The average molecular weight is 403 g/mol. The van der Waals surface area contributed by atoms with Gasteiger partial charge in [-0.25, -0.2) is 0 Å². The molecule has 3 aromatic rings. The minimum Gasteiger partial charge on any atom is -0.406 e. The summed E-state index contributed by atoms with van der Waals surface area (Å²) < 4.78 is 42.9. The van der Waals surface area contributed by atoms with Gasteiger partial charge in [0.05, 0.1) is 15.6 Å². The van der Waals surface area contributed by atoms with Gasteiger partial charge in [-0.1, -0.05) is 23.2 Å². The van der Waals surface area contributed by atoms with Crippen molar-refractivity contribution >= 4 is 40.4 Å². The molecule has 0 unspecified atom stereocenters. The van der Waals surface area contributed by atoms with E-state index in [0.29, 0.717) is 22.4 Å². The first-order chi connectivity index (χ1) is 12.2. The van der Waals surface area contributed by atoms with Crippen molar-refractivity contribution in [2.45, 2.75) is 12.8 Å². The number of nitrogens with zero attached hydrogens (tertiary/aromatic N) is 2. The third-order valence-electron chi connectivity index (χ3n) is 3.91. The number of pyridine rings is 1. The Balaban J connectivity index is 2.02. The zero-order chi connectivity index (χ0) is 19.1. The molecule has 26 heavy (non-hydrogen) atoms. The molecule has 0 aliphatic carbocycles. The van der Waals surface area contributed by atoms with Crippen LogP contribution >= 0.6 is 23.2 Å². The molecule has 2 aromatic heterocycles. The summed E-state index contributed by atoms with van der Waals surface area (Å²) in [6.45, 7) is 0. The van der Waals surface area contributed by atoms with Crippen LogP contribution in [0.1, 0.15) is 21.7 Å². The maximum atomic E-state index is 12.4. The van der Waals surface area contributed by atoms with Gasteiger partial charge in [-0.05, 0) is 23.8 Å². The molecule has 0 amide bonds. The maximum Gasteiger partial charge on any atom is 0.573 e. The fraction of sp³-hybridized carbons (Fsp3) is 0.176.